The van der Waals surface area contributed by atoms with Gasteiger partial charge in [-0.1, -0.05) is 0 Å². The minimum Gasteiger partial charge on any atom is -0.543 e. The van der Waals surface area contributed by atoms with E-state index in [1.54, 1.807) is 17.0 Å². The maximum atomic E-state index is 12.7. The molecular formula is C19H19N4NaO7. The minimum absolute atomic E-state index is 0. The second-order valence-corrected chi connectivity index (χ2v) is 7.37. The molecule has 2 fully saturated rings. The number of β-lactam (4-membered cyclic amide) rings is 1. The van der Waals surface area contributed by atoms with Gasteiger partial charge in [0.25, 0.3) is 0 Å². The molecule has 0 bridgehead atoms. The number of phenols is 1. The number of hydrogen-bond donors (Lipinski definition) is 3. The number of nitrogens with one attached hydrogen (secondary N) is 1. The summed E-state index contributed by atoms with van der Waals surface area (Å²) in [4.78, 5) is 50.6. The van der Waals surface area contributed by atoms with Crippen molar-refractivity contribution < 1.29 is 63.7 Å². The van der Waals surface area contributed by atoms with E-state index in [0.29, 0.717) is 24.2 Å². The Morgan fingerprint density at radius 2 is 1.94 bits per heavy atom. The van der Waals surface area contributed by atoms with Crippen molar-refractivity contribution in [2.45, 2.75) is 18.5 Å². The number of piperidine rings is 1. The smallest absolute Gasteiger partial charge is 0.543 e. The summed E-state index contributed by atoms with van der Waals surface area (Å²) < 4.78 is 4.78. The third-order valence-electron chi connectivity index (χ3n) is 5.70. The van der Waals surface area contributed by atoms with E-state index in [-0.39, 0.29) is 66.0 Å². The molecule has 12 heteroatoms. The summed E-state index contributed by atoms with van der Waals surface area (Å²) in [6, 6.07) is 4.88. The van der Waals surface area contributed by atoms with Crippen molar-refractivity contribution in [3.63, 3.8) is 0 Å². The Morgan fingerprint density at radius 3 is 2.55 bits per heavy atom. The molecule has 3 amide bonds. The van der Waals surface area contributed by atoms with Crippen molar-refractivity contribution in [2.75, 3.05) is 25.0 Å². The van der Waals surface area contributed by atoms with E-state index < -0.39 is 30.1 Å². The van der Waals surface area contributed by atoms with Crippen molar-refractivity contribution in [3.05, 3.63) is 35.5 Å². The number of phenolic OH excluding ortho intramolecular Hbond substituents is 1. The van der Waals surface area contributed by atoms with Crippen LogP contribution >= 0.6 is 0 Å². The van der Waals surface area contributed by atoms with Crippen LogP contribution < -0.4 is 45.7 Å². The molecule has 1 aromatic carbocycles. The summed E-state index contributed by atoms with van der Waals surface area (Å²) >= 11 is 0. The summed E-state index contributed by atoms with van der Waals surface area (Å²) in [5.74, 6) is -2.53. The molecule has 0 aromatic heterocycles. The quantitative estimate of drug-likeness (QED) is 0.227. The molecule has 0 saturated carbocycles. The monoisotopic (exact) mass is 438 g/mol. The van der Waals surface area contributed by atoms with Gasteiger partial charge in [-0.25, -0.2) is 4.79 Å². The second kappa shape index (κ2) is 8.87. The van der Waals surface area contributed by atoms with Gasteiger partial charge in [0.1, 0.15) is 18.4 Å². The Balaban J connectivity index is 0.00000272. The summed E-state index contributed by atoms with van der Waals surface area (Å²) in [7, 11) is 0. The van der Waals surface area contributed by atoms with Crippen LogP contribution in [0.3, 0.4) is 0 Å². The molecule has 4 N–H and O–H groups in total. The number of carboxylic acid groups (broad SMARTS) is 1. The van der Waals surface area contributed by atoms with Crippen LogP contribution in [0.2, 0.25) is 0 Å². The van der Waals surface area contributed by atoms with Gasteiger partial charge in [0, 0.05) is 18.2 Å². The molecule has 0 aliphatic carbocycles. The number of likely N-dealkylation sites (tertiary alicyclic amines) is 1. The topological polar surface area (TPSA) is 165 Å². The number of anilines is 1. The van der Waals surface area contributed by atoms with Gasteiger partial charge in [-0.3, -0.25) is 14.5 Å². The van der Waals surface area contributed by atoms with Gasteiger partial charge in [0.15, 0.2) is 0 Å². The van der Waals surface area contributed by atoms with E-state index in [4.69, 9.17) is 10.5 Å². The van der Waals surface area contributed by atoms with Crippen molar-refractivity contribution in [1.29, 1.82) is 0 Å². The van der Waals surface area contributed by atoms with E-state index in [1.807, 2.05) is 0 Å². The van der Waals surface area contributed by atoms with Gasteiger partial charge in [-0.15, -0.1) is 0 Å². The zero-order valence-electron chi connectivity index (χ0n) is 16.7. The number of primary amides is 1. The Morgan fingerprint density at radius 1 is 1.26 bits per heavy atom. The molecule has 2 saturated heterocycles. The van der Waals surface area contributed by atoms with Crippen molar-refractivity contribution in [2.24, 2.45) is 11.7 Å². The fraction of sp³-hybridized carbons (Fsp3) is 0.368. The molecular weight excluding hydrogens is 419 g/mol. The first-order chi connectivity index (χ1) is 14.3. The molecule has 1 aromatic rings. The van der Waals surface area contributed by atoms with Crippen LogP contribution in [0.15, 0.2) is 35.5 Å². The first kappa shape index (κ1) is 23.1. The van der Waals surface area contributed by atoms with Crippen molar-refractivity contribution in [1.82, 2.24) is 9.80 Å². The molecule has 0 radical (unpaired) electrons. The SMILES string of the molecule is NC(=O)OCC1=C(C(=O)[O-])N2C(=O)[C@@H]3[C@H]2C1CCN3CC(=O)Nc1ccc(O)cc1.[Na+]. The van der Waals surface area contributed by atoms with Crippen LogP contribution in [0.25, 0.3) is 0 Å². The third kappa shape index (κ3) is 4.13. The summed E-state index contributed by atoms with van der Waals surface area (Å²) in [5.41, 5.74) is 5.52. The number of benzene rings is 1. The number of aliphatic carboxylic acids is 1. The van der Waals surface area contributed by atoms with Crippen LogP contribution in [-0.4, -0.2) is 70.6 Å². The molecule has 0 spiro atoms. The van der Waals surface area contributed by atoms with E-state index in [1.165, 1.54) is 12.1 Å². The number of carboxylic acids is 1. The third-order valence-corrected chi connectivity index (χ3v) is 5.70. The van der Waals surface area contributed by atoms with E-state index in [2.05, 4.69) is 5.32 Å². The van der Waals surface area contributed by atoms with Crippen molar-refractivity contribution >= 4 is 29.6 Å². The fourth-order valence-corrected chi connectivity index (χ4v) is 4.51. The number of carbonyl (C=O) groups is 4. The van der Waals surface area contributed by atoms with Crippen LogP contribution in [0.5, 0.6) is 5.75 Å². The number of ether oxygens (including phenoxy) is 1. The molecule has 158 valence electrons. The number of rotatable bonds is 6. The average molecular weight is 438 g/mol. The van der Waals surface area contributed by atoms with Crippen molar-refractivity contribution in [3.8, 4) is 5.75 Å². The van der Waals surface area contributed by atoms with E-state index in [9.17, 15) is 29.4 Å². The fourth-order valence-electron chi connectivity index (χ4n) is 4.51. The largest absolute Gasteiger partial charge is 1.00 e. The van der Waals surface area contributed by atoms with E-state index in [0.717, 1.165) is 4.90 Å². The summed E-state index contributed by atoms with van der Waals surface area (Å²) in [5, 5.41) is 23.6. The number of carbonyl (C=O) groups excluding carboxylic acids is 4. The van der Waals surface area contributed by atoms with Crippen LogP contribution in [-0.2, 0) is 19.1 Å². The Bertz CT molecular complexity index is 965. The van der Waals surface area contributed by atoms with Crippen LogP contribution in [0.1, 0.15) is 6.42 Å². The summed E-state index contributed by atoms with van der Waals surface area (Å²) in [6.07, 6.45) is -0.563. The predicted molar refractivity (Wildman–Crippen MR) is 98.4 cm³/mol. The maximum absolute atomic E-state index is 12.7. The standard InChI is InChI=1S/C19H20N4O7.Na/c20-19(29)30-8-12-11-5-6-22(7-13(25)21-9-1-3-10(24)4-2-9)16-14(11)23(17(16)26)15(12)18(27)28;/h1-4,11,14,16,24H,5-8H2,(H2,20,29)(H,21,25)(H,27,28);/q;+1/p-1/t11?,14-,16+;/m1./s1. The molecule has 4 rings (SSSR count). The molecule has 3 atom stereocenters. The molecule has 3 heterocycles. The second-order valence-electron chi connectivity index (χ2n) is 7.37. The predicted octanol–water partition coefficient (Wildman–Crippen LogP) is -4.65. The molecule has 1 unspecified atom stereocenters. The van der Waals surface area contributed by atoms with Gasteiger partial charge in [-0.05, 0) is 36.3 Å². The van der Waals surface area contributed by atoms with Gasteiger partial charge in [0.2, 0.25) is 11.8 Å². The Kier molecular flexibility index (Phi) is 6.60. The number of hydrogen-bond acceptors (Lipinski definition) is 8. The van der Waals surface area contributed by atoms with Crippen LogP contribution in [0, 0.1) is 5.92 Å². The first-order valence-corrected chi connectivity index (χ1v) is 9.30. The minimum atomic E-state index is -1.52. The Labute approximate surface area is 199 Å². The zero-order valence-corrected chi connectivity index (χ0v) is 18.7. The number of nitrogens with two attached hydrogens (primary N) is 1. The van der Waals surface area contributed by atoms with Gasteiger partial charge in [0.05, 0.1) is 24.3 Å². The maximum Gasteiger partial charge on any atom is 1.00 e. The zero-order chi connectivity index (χ0) is 21.6. The summed E-state index contributed by atoms with van der Waals surface area (Å²) in [6.45, 7) is 0.00851. The number of nitrogens with zero attached hydrogens (tertiary/aromatic N) is 2. The molecule has 31 heavy (non-hydrogen) atoms. The van der Waals surface area contributed by atoms with Gasteiger partial charge < -0.3 is 35.7 Å². The number of aromatic hydroxyl groups is 1. The van der Waals surface area contributed by atoms with Gasteiger partial charge in [-0.2, -0.15) is 0 Å². The van der Waals surface area contributed by atoms with Crippen LogP contribution in [0.4, 0.5) is 10.5 Å². The molecule has 3 aliphatic heterocycles. The average Bonchev–Trinajstić information content (AvgIpc) is 3.00. The number of amides is 3. The first-order valence-electron chi connectivity index (χ1n) is 9.30. The molecule has 11 nitrogen and oxygen atoms in total. The molecule has 3 aliphatic rings. The van der Waals surface area contributed by atoms with E-state index >= 15 is 0 Å². The normalized spacial score (nSPS) is 24.1. The Hall–Kier alpha value is -2.60. The van der Waals surface area contributed by atoms with Gasteiger partial charge >= 0.3 is 35.7 Å².